The van der Waals surface area contributed by atoms with Crippen molar-refractivity contribution in [1.82, 2.24) is 9.55 Å². The van der Waals surface area contributed by atoms with E-state index < -0.39 is 11.9 Å². The molecule has 2 rings (SSSR count). The van der Waals surface area contributed by atoms with Gasteiger partial charge in [0.15, 0.2) is 0 Å². The van der Waals surface area contributed by atoms with E-state index in [0.717, 1.165) is 30.7 Å². The van der Waals surface area contributed by atoms with Gasteiger partial charge in [0.25, 0.3) is 5.97 Å². The fourth-order valence-corrected chi connectivity index (χ4v) is 1.49. The minimum atomic E-state index is -0.938. The average molecular weight is 288 g/mol. The number of aliphatic carboxylic acids is 2. The maximum atomic E-state index is 10.4. The lowest BCUT2D eigenvalue weighted by atomic mass is 10.1. The fourth-order valence-electron chi connectivity index (χ4n) is 1.49. The fraction of sp³-hybridized carbons (Fsp3) is 0.133. The van der Waals surface area contributed by atoms with Crippen molar-refractivity contribution in [3.63, 3.8) is 0 Å². The van der Waals surface area contributed by atoms with Crippen molar-refractivity contribution >= 4 is 18.0 Å². The van der Waals surface area contributed by atoms with Crippen molar-refractivity contribution in [2.45, 2.75) is 13.5 Å². The molecule has 6 nitrogen and oxygen atoms in total. The number of imidazole rings is 1. The van der Waals surface area contributed by atoms with Crippen LogP contribution in [-0.2, 0) is 16.1 Å². The quantitative estimate of drug-likeness (QED) is 0.841. The predicted molar refractivity (Wildman–Crippen MR) is 77.8 cm³/mol. The van der Waals surface area contributed by atoms with E-state index in [9.17, 15) is 4.79 Å². The molecule has 0 fully saturated rings. The monoisotopic (exact) mass is 288 g/mol. The first-order chi connectivity index (χ1) is 9.97. The number of carboxylic acid groups (broad SMARTS) is 2. The Kier molecular flexibility index (Phi) is 6.40. The highest BCUT2D eigenvalue weighted by Gasteiger charge is 1.95. The van der Waals surface area contributed by atoms with Gasteiger partial charge >= 0.3 is 5.97 Å². The zero-order valence-electron chi connectivity index (χ0n) is 11.5. The van der Waals surface area contributed by atoms with Crippen LogP contribution in [0.5, 0.6) is 0 Å². The number of aromatic nitrogens is 2. The summed E-state index contributed by atoms with van der Waals surface area (Å²) >= 11 is 0. The minimum absolute atomic E-state index is 0.767. The Morgan fingerprint density at radius 3 is 2.33 bits per heavy atom. The molecule has 1 heterocycles. The van der Waals surface area contributed by atoms with Crippen LogP contribution >= 0.6 is 0 Å². The molecule has 0 aliphatic carbocycles. The molecular formula is C15H16N2O4. The molecule has 0 amide bonds. The number of benzene rings is 1. The zero-order chi connectivity index (χ0) is 15.7. The van der Waals surface area contributed by atoms with Crippen LogP contribution in [0.3, 0.4) is 0 Å². The van der Waals surface area contributed by atoms with Crippen LogP contribution < -0.4 is 0 Å². The standard InChI is InChI=1S/C13H12N2O2.C2H4O2/c16-13(17)6-5-11-1-3-12(4-2-11)9-15-8-7-14-10-15;1-2(3)4/h1-8,10H,9H2,(H,16,17);1H3,(H,3,4)/b6-5+;. The molecule has 0 aliphatic heterocycles. The maximum Gasteiger partial charge on any atom is 0.328 e. The SMILES string of the molecule is CC(=O)O.O=C(O)/C=C/c1ccc(Cn2ccnc2)cc1. The normalized spacial score (nSPS) is 9.95. The lowest BCUT2D eigenvalue weighted by molar-refractivity contribution is -0.134. The Morgan fingerprint density at radius 1 is 1.24 bits per heavy atom. The summed E-state index contributed by atoms with van der Waals surface area (Å²) < 4.78 is 1.97. The number of hydrogen-bond donors (Lipinski definition) is 2. The van der Waals surface area contributed by atoms with Gasteiger partial charge in [-0.15, -0.1) is 0 Å². The highest BCUT2D eigenvalue weighted by atomic mass is 16.4. The third kappa shape index (κ3) is 7.31. The van der Waals surface area contributed by atoms with E-state index >= 15 is 0 Å². The van der Waals surface area contributed by atoms with Crippen molar-refractivity contribution in [1.29, 1.82) is 0 Å². The minimum Gasteiger partial charge on any atom is -0.481 e. The van der Waals surface area contributed by atoms with Gasteiger partial charge in [-0.25, -0.2) is 9.78 Å². The van der Waals surface area contributed by atoms with E-state index in [-0.39, 0.29) is 0 Å². The van der Waals surface area contributed by atoms with Gasteiger partial charge in [-0.2, -0.15) is 0 Å². The lowest BCUT2D eigenvalue weighted by Gasteiger charge is -2.02. The van der Waals surface area contributed by atoms with Crippen molar-refractivity contribution in [2.75, 3.05) is 0 Å². The van der Waals surface area contributed by atoms with E-state index in [1.165, 1.54) is 0 Å². The third-order valence-electron chi connectivity index (χ3n) is 2.32. The predicted octanol–water partition coefficient (Wildman–Crippen LogP) is 2.12. The zero-order valence-corrected chi connectivity index (χ0v) is 11.5. The first-order valence-corrected chi connectivity index (χ1v) is 6.12. The molecular weight excluding hydrogens is 272 g/mol. The van der Waals surface area contributed by atoms with Crippen LogP contribution in [0, 0.1) is 0 Å². The highest BCUT2D eigenvalue weighted by Crippen LogP contribution is 2.07. The maximum absolute atomic E-state index is 10.4. The van der Waals surface area contributed by atoms with Crippen LogP contribution in [-0.4, -0.2) is 31.7 Å². The second kappa shape index (κ2) is 8.31. The number of nitrogens with zero attached hydrogens (tertiary/aromatic N) is 2. The highest BCUT2D eigenvalue weighted by molar-refractivity contribution is 5.85. The molecule has 0 aliphatic rings. The van der Waals surface area contributed by atoms with Crippen molar-refractivity contribution < 1.29 is 19.8 Å². The van der Waals surface area contributed by atoms with Crippen LogP contribution in [0.4, 0.5) is 0 Å². The third-order valence-corrected chi connectivity index (χ3v) is 2.32. The van der Waals surface area contributed by atoms with Crippen molar-refractivity contribution in [2.24, 2.45) is 0 Å². The summed E-state index contributed by atoms with van der Waals surface area (Å²) in [5.41, 5.74) is 2.03. The number of carboxylic acids is 2. The summed E-state index contributed by atoms with van der Waals surface area (Å²) in [4.78, 5) is 23.3. The van der Waals surface area contributed by atoms with E-state index in [2.05, 4.69) is 4.98 Å². The Bertz CT molecular complexity index is 597. The molecule has 0 unspecified atom stereocenters. The first-order valence-electron chi connectivity index (χ1n) is 6.12. The molecule has 0 saturated heterocycles. The van der Waals surface area contributed by atoms with E-state index in [1.807, 2.05) is 35.0 Å². The van der Waals surface area contributed by atoms with Gasteiger partial charge in [0, 0.05) is 31.9 Å². The van der Waals surface area contributed by atoms with E-state index in [4.69, 9.17) is 15.0 Å². The van der Waals surface area contributed by atoms with Gasteiger partial charge in [-0.1, -0.05) is 24.3 Å². The summed E-state index contributed by atoms with van der Waals surface area (Å²) in [5.74, 6) is -1.77. The van der Waals surface area contributed by atoms with Gasteiger partial charge in [-0.05, 0) is 17.2 Å². The van der Waals surface area contributed by atoms with E-state index in [0.29, 0.717) is 0 Å². The molecule has 2 N–H and O–H groups in total. The summed E-state index contributed by atoms with van der Waals surface area (Å²) in [6.07, 6.45) is 8.11. The smallest absolute Gasteiger partial charge is 0.328 e. The number of carbonyl (C=O) groups is 2. The van der Waals surface area contributed by atoms with Gasteiger partial charge in [-0.3, -0.25) is 4.79 Å². The first kappa shape index (κ1) is 16.2. The van der Waals surface area contributed by atoms with Gasteiger partial charge in [0.1, 0.15) is 0 Å². The lowest BCUT2D eigenvalue weighted by Crippen LogP contribution is -1.95. The van der Waals surface area contributed by atoms with Gasteiger partial charge in [0.05, 0.1) is 6.33 Å². The Labute approximate surface area is 122 Å². The molecule has 6 heteroatoms. The molecule has 2 aromatic rings. The van der Waals surface area contributed by atoms with Crippen molar-refractivity contribution in [3.05, 3.63) is 60.2 Å². The second-order valence-electron chi connectivity index (χ2n) is 4.17. The van der Waals surface area contributed by atoms with Crippen molar-refractivity contribution in [3.8, 4) is 0 Å². The van der Waals surface area contributed by atoms with Gasteiger partial charge in [0.2, 0.25) is 0 Å². The molecule has 0 spiro atoms. The Hall–Kier alpha value is -2.89. The molecule has 110 valence electrons. The van der Waals surface area contributed by atoms with Crippen LogP contribution in [0.15, 0.2) is 49.1 Å². The number of hydrogen-bond acceptors (Lipinski definition) is 3. The molecule has 0 bridgehead atoms. The molecule has 1 aromatic heterocycles. The molecule has 1 aromatic carbocycles. The molecule has 0 saturated carbocycles. The Morgan fingerprint density at radius 2 is 1.86 bits per heavy atom. The van der Waals surface area contributed by atoms with Crippen LogP contribution in [0.25, 0.3) is 6.08 Å². The summed E-state index contributed by atoms with van der Waals surface area (Å²) in [7, 11) is 0. The largest absolute Gasteiger partial charge is 0.481 e. The Balaban J connectivity index is 0.000000491. The van der Waals surface area contributed by atoms with Crippen LogP contribution in [0.2, 0.25) is 0 Å². The molecule has 0 radical (unpaired) electrons. The topological polar surface area (TPSA) is 92.4 Å². The summed E-state index contributed by atoms with van der Waals surface area (Å²) in [6.45, 7) is 1.85. The second-order valence-corrected chi connectivity index (χ2v) is 4.17. The molecule has 21 heavy (non-hydrogen) atoms. The van der Waals surface area contributed by atoms with Gasteiger partial charge < -0.3 is 14.8 Å². The molecule has 0 atom stereocenters. The number of rotatable bonds is 4. The van der Waals surface area contributed by atoms with E-state index in [1.54, 1.807) is 18.6 Å². The average Bonchev–Trinajstić information content (AvgIpc) is 2.90. The van der Waals surface area contributed by atoms with Crippen LogP contribution in [0.1, 0.15) is 18.1 Å². The summed E-state index contributed by atoms with van der Waals surface area (Å²) in [5, 5.41) is 15.9. The summed E-state index contributed by atoms with van der Waals surface area (Å²) in [6, 6.07) is 7.74.